The smallest absolute Gasteiger partial charge is 0.0431 e. The predicted molar refractivity (Wildman–Crippen MR) is 77.2 cm³/mol. The third-order valence-electron chi connectivity index (χ3n) is 3.05. The molecule has 0 saturated carbocycles. The van der Waals surface area contributed by atoms with Crippen LogP contribution in [0.3, 0.4) is 0 Å². The minimum Gasteiger partial charge on any atom is -0.396 e. The Balaban J connectivity index is 2.93. The molecule has 0 spiro atoms. The van der Waals surface area contributed by atoms with Gasteiger partial charge in [-0.05, 0) is 19.3 Å². The van der Waals surface area contributed by atoms with Gasteiger partial charge in [-0.1, -0.05) is 76.2 Å². The second-order valence-electron chi connectivity index (χ2n) is 4.71. The molecule has 0 aliphatic rings. The molecule has 0 bridgehead atoms. The highest BCUT2D eigenvalue weighted by Crippen LogP contribution is 2.11. The fourth-order valence-corrected chi connectivity index (χ4v) is 1.98. The number of aliphatic hydroxyl groups excluding tert-OH is 1. The van der Waals surface area contributed by atoms with Crippen LogP contribution in [-0.2, 0) is 0 Å². The summed E-state index contributed by atoms with van der Waals surface area (Å²) >= 11 is 0. The summed E-state index contributed by atoms with van der Waals surface area (Å²) in [5, 5.41) is 8.63. The zero-order valence-corrected chi connectivity index (χ0v) is 11.4. The largest absolute Gasteiger partial charge is 0.396 e. The molecule has 0 aromatic rings. The summed E-state index contributed by atoms with van der Waals surface area (Å²) in [6.07, 6.45) is 20.4. The zero-order valence-electron chi connectivity index (χ0n) is 11.4. The molecular formula is C16H30O. The van der Waals surface area contributed by atoms with Gasteiger partial charge < -0.3 is 5.11 Å². The van der Waals surface area contributed by atoms with Crippen molar-refractivity contribution >= 4 is 0 Å². The van der Waals surface area contributed by atoms with Crippen LogP contribution in [0.25, 0.3) is 0 Å². The van der Waals surface area contributed by atoms with E-state index in [9.17, 15) is 0 Å². The Morgan fingerprint density at radius 2 is 1.18 bits per heavy atom. The predicted octanol–water partition coefficient (Wildman–Crippen LogP) is 5.01. The lowest BCUT2D eigenvalue weighted by atomic mass is 10.1. The van der Waals surface area contributed by atoms with Crippen molar-refractivity contribution in [2.24, 2.45) is 0 Å². The van der Waals surface area contributed by atoms with Crippen LogP contribution >= 0.6 is 0 Å². The molecule has 0 heterocycles. The van der Waals surface area contributed by atoms with Gasteiger partial charge in [-0.2, -0.15) is 0 Å². The molecule has 0 aromatic heterocycles. The van der Waals surface area contributed by atoms with E-state index >= 15 is 0 Å². The van der Waals surface area contributed by atoms with Crippen LogP contribution in [0.2, 0.25) is 0 Å². The SMILES string of the molecule is C=C/C=C\CCCCCCCCCCCCO. The van der Waals surface area contributed by atoms with Gasteiger partial charge in [0.25, 0.3) is 0 Å². The molecule has 0 aromatic carbocycles. The van der Waals surface area contributed by atoms with Crippen molar-refractivity contribution in [3.63, 3.8) is 0 Å². The summed E-state index contributed by atoms with van der Waals surface area (Å²) in [4.78, 5) is 0. The minimum atomic E-state index is 0.361. The van der Waals surface area contributed by atoms with E-state index in [1.165, 1.54) is 64.2 Å². The van der Waals surface area contributed by atoms with Crippen molar-refractivity contribution in [1.82, 2.24) is 0 Å². The first-order chi connectivity index (χ1) is 8.41. The number of aliphatic hydroxyl groups is 1. The summed E-state index contributed by atoms with van der Waals surface area (Å²) in [6.45, 7) is 4.02. The Bertz CT molecular complexity index is 172. The van der Waals surface area contributed by atoms with Gasteiger partial charge in [-0.15, -0.1) is 0 Å². The molecule has 0 radical (unpaired) electrons. The molecular weight excluding hydrogens is 208 g/mol. The van der Waals surface area contributed by atoms with E-state index in [4.69, 9.17) is 5.11 Å². The zero-order chi connectivity index (χ0) is 12.6. The Morgan fingerprint density at radius 3 is 1.65 bits per heavy atom. The molecule has 0 unspecified atom stereocenters. The fourth-order valence-electron chi connectivity index (χ4n) is 1.98. The number of rotatable bonds is 13. The van der Waals surface area contributed by atoms with Gasteiger partial charge in [0, 0.05) is 6.61 Å². The normalized spacial score (nSPS) is 11.1. The number of hydrogen-bond donors (Lipinski definition) is 1. The summed E-state index contributed by atoms with van der Waals surface area (Å²) in [6, 6.07) is 0. The lowest BCUT2D eigenvalue weighted by Crippen LogP contribution is -1.84. The second-order valence-corrected chi connectivity index (χ2v) is 4.71. The van der Waals surface area contributed by atoms with Crippen LogP contribution in [0.4, 0.5) is 0 Å². The number of hydrogen-bond acceptors (Lipinski definition) is 1. The van der Waals surface area contributed by atoms with Gasteiger partial charge in [-0.25, -0.2) is 0 Å². The first-order valence-electron chi connectivity index (χ1n) is 7.30. The molecule has 1 N–H and O–H groups in total. The van der Waals surface area contributed by atoms with E-state index in [1.54, 1.807) is 0 Å². The topological polar surface area (TPSA) is 20.2 Å². The molecule has 100 valence electrons. The summed E-state index contributed by atoms with van der Waals surface area (Å²) < 4.78 is 0. The van der Waals surface area contributed by atoms with Crippen LogP contribution in [0.15, 0.2) is 24.8 Å². The van der Waals surface area contributed by atoms with Crippen LogP contribution in [0.1, 0.15) is 70.6 Å². The van der Waals surface area contributed by atoms with Crippen LogP contribution in [0.5, 0.6) is 0 Å². The molecule has 0 aliphatic carbocycles. The average molecular weight is 238 g/mol. The molecule has 0 amide bonds. The van der Waals surface area contributed by atoms with Crippen LogP contribution < -0.4 is 0 Å². The number of unbranched alkanes of at least 4 members (excludes halogenated alkanes) is 10. The Hall–Kier alpha value is -0.560. The van der Waals surface area contributed by atoms with E-state index in [2.05, 4.69) is 12.7 Å². The molecule has 0 fully saturated rings. The molecule has 1 heteroatoms. The van der Waals surface area contributed by atoms with Gasteiger partial charge in [-0.3, -0.25) is 0 Å². The lowest BCUT2D eigenvalue weighted by Gasteiger charge is -2.01. The Morgan fingerprint density at radius 1 is 0.706 bits per heavy atom. The molecule has 1 nitrogen and oxygen atoms in total. The molecule has 17 heavy (non-hydrogen) atoms. The lowest BCUT2D eigenvalue weighted by molar-refractivity contribution is 0.282. The van der Waals surface area contributed by atoms with E-state index in [1.807, 2.05) is 12.2 Å². The molecule has 0 aliphatic heterocycles. The van der Waals surface area contributed by atoms with Gasteiger partial charge in [0.15, 0.2) is 0 Å². The summed E-state index contributed by atoms with van der Waals surface area (Å²) in [7, 11) is 0. The van der Waals surface area contributed by atoms with Crippen molar-refractivity contribution in [3.05, 3.63) is 24.8 Å². The van der Waals surface area contributed by atoms with Gasteiger partial charge in [0.2, 0.25) is 0 Å². The first-order valence-corrected chi connectivity index (χ1v) is 7.30. The maximum Gasteiger partial charge on any atom is 0.0431 e. The van der Waals surface area contributed by atoms with Gasteiger partial charge in [0.05, 0.1) is 0 Å². The highest BCUT2D eigenvalue weighted by Gasteiger charge is 1.92. The average Bonchev–Trinajstić information content (AvgIpc) is 2.35. The molecule has 0 atom stereocenters. The van der Waals surface area contributed by atoms with E-state index in [0.29, 0.717) is 6.61 Å². The Labute approximate surface area is 108 Å². The molecule has 0 rings (SSSR count). The quantitative estimate of drug-likeness (QED) is 0.353. The van der Waals surface area contributed by atoms with Crippen molar-refractivity contribution in [2.75, 3.05) is 6.61 Å². The minimum absolute atomic E-state index is 0.361. The van der Waals surface area contributed by atoms with E-state index < -0.39 is 0 Å². The van der Waals surface area contributed by atoms with Gasteiger partial charge >= 0.3 is 0 Å². The van der Waals surface area contributed by atoms with Crippen molar-refractivity contribution in [1.29, 1.82) is 0 Å². The summed E-state index contributed by atoms with van der Waals surface area (Å²) in [5.41, 5.74) is 0. The van der Waals surface area contributed by atoms with E-state index in [0.717, 1.165) is 6.42 Å². The van der Waals surface area contributed by atoms with Crippen LogP contribution in [-0.4, -0.2) is 11.7 Å². The monoisotopic (exact) mass is 238 g/mol. The van der Waals surface area contributed by atoms with E-state index in [-0.39, 0.29) is 0 Å². The number of allylic oxidation sites excluding steroid dienone is 3. The first kappa shape index (κ1) is 16.4. The third-order valence-corrected chi connectivity index (χ3v) is 3.05. The van der Waals surface area contributed by atoms with Crippen molar-refractivity contribution in [3.8, 4) is 0 Å². The standard InChI is InChI=1S/C16H30O/c1-2-3-4-5-6-7-8-9-10-11-12-13-14-15-16-17/h2-4,17H,1,5-16H2/b4-3-. The Kier molecular flexibility index (Phi) is 14.9. The summed E-state index contributed by atoms with van der Waals surface area (Å²) in [5.74, 6) is 0. The van der Waals surface area contributed by atoms with Crippen molar-refractivity contribution < 1.29 is 5.11 Å². The highest BCUT2D eigenvalue weighted by molar-refractivity contribution is 4.96. The fraction of sp³-hybridized carbons (Fsp3) is 0.750. The maximum absolute atomic E-state index is 8.63. The van der Waals surface area contributed by atoms with Crippen molar-refractivity contribution in [2.45, 2.75) is 70.6 Å². The second kappa shape index (κ2) is 15.4. The highest BCUT2D eigenvalue weighted by atomic mass is 16.2. The maximum atomic E-state index is 8.63. The third kappa shape index (κ3) is 15.4. The van der Waals surface area contributed by atoms with Crippen LogP contribution in [0, 0.1) is 0 Å². The van der Waals surface area contributed by atoms with Gasteiger partial charge in [0.1, 0.15) is 0 Å². The molecule has 0 saturated heterocycles.